The van der Waals surface area contributed by atoms with Gasteiger partial charge in [-0.1, -0.05) is 29.6 Å². The zero-order chi connectivity index (χ0) is 24.8. The number of aliphatic carboxylic acids is 1. The first-order chi connectivity index (χ1) is 16.9. The Morgan fingerprint density at radius 2 is 1.97 bits per heavy atom. The van der Waals surface area contributed by atoms with Crippen molar-refractivity contribution in [3.8, 4) is 34.5 Å². The van der Waals surface area contributed by atoms with Crippen molar-refractivity contribution < 1.29 is 23.9 Å². The van der Waals surface area contributed by atoms with Crippen LogP contribution in [0.3, 0.4) is 0 Å². The number of methoxy groups -OCH3 is 1. The van der Waals surface area contributed by atoms with Crippen LogP contribution < -0.4 is 14.8 Å². The number of benzene rings is 1. The van der Waals surface area contributed by atoms with Gasteiger partial charge in [-0.15, -0.1) is 0 Å². The topological polar surface area (TPSA) is 120 Å². The molecule has 2 heterocycles. The number of aromatic nitrogens is 3. The Morgan fingerprint density at radius 3 is 2.69 bits per heavy atom. The molecule has 2 N–H and O–H groups in total. The molecular weight excluding hydrogens is 472 g/mol. The lowest BCUT2D eigenvalue weighted by atomic mass is 10.0. The third-order valence-corrected chi connectivity index (χ3v) is 6.29. The van der Waals surface area contributed by atoms with E-state index in [0.29, 0.717) is 59.5 Å². The number of carboxylic acids is 1. The Hall–Kier alpha value is -3.17. The summed E-state index contributed by atoms with van der Waals surface area (Å²) in [5.41, 5.74) is 3.31. The number of hydrogen-bond donors (Lipinski definition) is 2. The predicted octanol–water partition coefficient (Wildman–Crippen LogP) is 4.87. The number of pyridine rings is 1. The van der Waals surface area contributed by atoms with Crippen LogP contribution in [0.4, 0.5) is 0 Å². The highest BCUT2D eigenvalue weighted by Crippen LogP contribution is 2.37. The number of rotatable bonds is 11. The minimum absolute atomic E-state index is 0.0648. The maximum Gasteiger partial charge on any atom is 0.304 e. The molecule has 0 aliphatic heterocycles. The van der Waals surface area contributed by atoms with E-state index >= 15 is 0 Å². The van der Waals surface area contributed by atoms with E-state index in [1.807, 2.05) is 19.1 Å². The van der Waals surface area contributed by atoms with Gasteiger partial charge in [-0.2, -0.15) is 4.98 Å². The van der Waals surface area contributed by atoms with E-state index in [1.54, 1.807) is 19.2 Å². The molecule has 10 heteroatoms. The lowest BCUT2D eigenvalue weighted by Crippen LogP contribution is -2.23. The summed E-state index contributed by atoms with van der Waals surface area (Å²) in [6, 6.07) is 7.45. The van der Waals surface area contributed by atoms with Crippen molar-refractivity contribution >= 4 is 17.6 Å². The van der Waals surface area contributed by atoms with Gasteiger partial charge in [-0.05, 0) is 43.5 Å². The molecule has 1 fully saturated rings. The molecule has 0 amide bonds. The minimum atomic E-state index is -0.838. The first kappa shape index (κ1) is 24.9. The van der Waals surface area contributed by atoms with E-state index in [2.05, 4.69) is 20.4 Å². The van der Waals surface area contributed by atoms with E-state index < -0.39 is 5.97 Å². The van der Waals surface area contributed by atoms with E-state index in [4.69, 9.17) is 30.7 Å². The second-order valence-electron chi connectivity index (χ2n) is 8.57. The van der Waals surface area contributed by atoms with Crippen molar-refractivity contribution in [3.63, 3.8) is 0 Å². The van der Waals surface area contributed by atoms with Gasteiger partial charge in [0, 0.05) is 41.9 Å². The third-order valence-electron chi connectivity index (χ3n) is 6.01. The fourth-order valence-electron chi connectivity index (χ4n) is 4.23. The van der Waals surface area contributed by atoms with Crippen LogP contribution in [0.5, 0.6) is 11.6 Å². The fraction of sp³-hybridized carbons (Fsp3) is 0.440. The minimum Gasteiger partial charge on any atom is -0.490 e. The van der Waals surface area contributed by atoms with Crippen molar-refractivity contribution in [3.05, 3.63) is 40.5 Å². The molecule has 35 heavy (non-hydrogen) atoms. The summed E-state index contributed by atoms with van der Waals surface area (Å²) in [7, 11) is 1.60. The molecule has 3 aromatic rings. The van der Waals surface area contributed by atoms with Crippen LogP contribution in [0.25, 0.3) is 22.8 Å². The molecule has 2 aromatic heterocycles. The second kappa shape index (κ2) is 11.5. The predicted molar refractivity (Wildman–Crippen MR) is 131 cm³/mol. The maximum absolute atomic E-state index is 10.6. The average molecular weight is 501 g/mol. The average Bonchev–Trinajstić information content (AvgIpc) is 3.55. The summed E-state index contributed by atoms with van der Waals surface area (Å²) < 4.78 is 16.8. The smallest absolute Gasteiger partial charge is 0.304 e. The van der Waals surface area contributed by atoms with Crippen molar-refractivity contribution in [2.45, 2.75) is 44.9 Å². The molecule has 0 bridgehead atoms. The summed E-state index contributed by atoms with van der Waals surface area (Å²) in [5.74, 6) is 1.50. The van der Waals surface area contributed by atoms with Crippen LogP contribution in [0.15, 0.2) is 28.8 Å². The zero-order valence-electron chi connectivity index (χ0n) is 19.8. The van der Waals surface area contributed by atoms with Gasteiger partial charge in [0.2, 0.25) is 11.7 Å². The Balaban J connectivity index is 1.48. The highest BCUT2D eigenvalue weighted by Gasteiger charge is 2.22. The van der Waals surface area contributed by atoms with Crippen LogP contribution in [0.1, 0.15) is 49.3 Å². The first-order valence-electron chi connectivity index (χ1n) is 11.7. The van der Waals surface area contributed by atoms with Gasteiger partial charge in [0.15, 0.2) is 0 Å². The Bertz CT molecular complexity index is 1150. The summed E-state index contributed by atoms with van der Waals surface area (Å²) in [4.78, 5) is 19.8. The number of halogens is 1. The van der Waals surface area contributed by atoms with Gasteiger partial charge in [0.25, 0.3) is 5.89 Å². The van der Waals surface area contributed by atoms with Crippen molar-refractivity contribution in [1.82, 2.24) is 20.4 Å². The number of nitrogens with one attached hydrogen (secondary N) is 1. The van der Waals surface area contributed by atoms with Gasteiger partial charge < -0.3 is 24.4 Å². The molecule has 4 rings (SSSR count). The monoisotopic (exact) mass is 500 g/mol. The normalized spacial score (nSPS) is 13.8. The van der Waals surface area contributed by atoms with E-state index in [0.717, 1.165) is 29.7 Å². The van der Waals surface area contributed by atoms with E-state index in [-0.39, 0.29) is 6.42 Å². The lowest BCUT2D eigenvalue weighted by molar-refractivity contribution is -0.136. The highest BCUT2D eigenvalue weighted by atomic mass is 35.5. The summed E-state index contributed by atoms with van der Waals surface area (Å²) >= 11 is 6.49. The van der Waals surface area contributed by atoms with Gasteiger partial charge in [0.1, 0.15) is 12.4 Å². The number of carboxylic acid groups (broad SMARTS) is 1. The molecule has 186 valence electrons. The first-order valence-corrected chi connectivity index (χ1v) is 12.1. The summed E-state index contributed by atoms with van der Waals surface area (Å²) in [6.07, 6.45) is 4.74. The van der Waals surface area contributed by atoms with Crippen LogP contribution >= 0.6 is 11.6 Å². The quantitative estimate of drug-likeness (QED) is 0.355. The van der Waals surface area contributed by atoms with E-state index in [1.165, 1.54) is 12.8 Å². The van der Waals surface area contributed by atoms with Crippen molar-refractivity contribution in [2.75, 3.05) is 26.8 Å². The molecule has 0 saturated heterocycles. The number of carbonyl (C=O) groups is 1. The number of hydrogen-bond acceptors (Lipinski definition) is 8. The van der Waals surface area contributed by atoms with Gasteiger partial charge in [0.05, 0.1) is 18.6 Å². The molecule has 0 radical (unpaired) electrons. The Morgan fingerprint density at radius 1 is 1.17 bits per heavy atom. The molecule has 1 saturated carbocycles. The van der Waals surface area contributed by atoms with Crippen LogP contribution in [0, 0.1) is 6.92 Å². The lowest BCUT2D eigenvalue weighted by Gasteiger charge is -2.12. The molecule has 0 spiro atoms. The fourth-order valence-corrected chi connectivity index (χ4v) is 4.55. The van der Waals surface area contributed by atoms with E-state index in [9.17, 15) is 4.79 Å². The molecule has 1 aliphatic carbocycles. The van der Waals surface area contributed by atoms with Gasteiger partial charge in [-0.3, -0.25) is 4.79 Å². The van der Waals surface area contributed by atoms with Crippen LogP contribution in [-0.2, 0) is 4.79 Å². The van der Waals surface area contributed by atoms with Crippen molar-refractivity contribution in [2.24, 2.45) is 0 Å². The van der Waals surface area contributed by atoms with Crippen LogP contribution in [-0.4, -0.2) is 53.0 Å². The Labute approximate surface area is 208 Å². The molecular formula is C25H29ClN4O5. The second-order valence-corrected chi connectivity index (χ2v) is 8.98. The molecule has 1 aliphatic rings. The highest BCUT2D eigenvalue weighted by molar-refractivity contribution is 6.32. The zero-order valence-corrected chi connectivity index (χ0v) is 20.6. The van der Waals surface area contributed by atoms with Crippen LogP contribution in [0.2, 0.25) is 5.02 Å². The van der Waals surface area contributed by atoms with Gasteiger partial charge >= 0.3 is 5.97 Å². The molecule has 9 nitrogen and oxygen atoms in total. The SMILES string of the molecule is COc1cc(-c2nc(-c3cc(C)c(OCCNCCC(=O)O)c(Cl)c3)no2)cc(C2CCCC2)n1. The molecule has 0 unspecified atom stereocenters. The Kier molecular flexibility index (Phi) is 8.20. The number of ether oxygens (including phenoxy) is 2. The third kappa shape index (κ3) is 6.29. The summed E-state index contributed by atoms with van der Waals surface area (Å²) in [6.45, 7) is 3.15. The maximum atomic E-state index is 10.6. The molecule has 0 atom stereocenters. The number of nitrogens with zero attached hydrogens (tertiary/aromatic N) is 3. The van der Waals surface area contributed by atoms with Gasteiger partial charge in [-0.25, -0.2) is 4.98 Å². The summed E-state index contributed by atoms with van der Waals surface area (Å²) in [5, 5.41) is 16.3. The van der Waals surface area contributed by atoms with Crippen molar-refractivity contribution in [1.29, 1.82) is 0 Å². The standard InChI is InChI=1S/C25H29ClN4O5/c1-15-11-17(12-19(26)23(15)34-10-9-27-8-7-22(31)32)24-29-25(35-30-24)18-13-20(16-5-3-4-6-16)28-21(14-18)33-2/h11-14,16,27H,3-10H2,1-2H3,(H,31,32). The largest absolute Gasteiger partial charge is 0.490 e. The number of aryl methyl sites for hydroxylation is 1. The molecule has 1 aromatic carbocycles.